The van der Waals surface area contributed by atoms with Crippen molar-refractivity contribution < 1.29 is 9.59 Å². The minimum atomic E-state index is -0.200. The number of carbonyl (C=O) groups is 2. The van der Waals surface area contributed by atoms with Crippen LogP contribution in [0.5, 0.6) is 0 Å². The van der Waals surface area contributed by atoms with Crippen molar-refractivity contribution in [2.24, 2.45) is 5.73 Å². The Morgan fingerprint density at radius 3 is 2.83 bits per heavy atom. The quantitative estimate of drug-likeness (QED) is 0.850. The van der Waals surface area contributed by atoms with Gasteiger partial charge in [-0.3, -0.25) is 9.59 Å². The maximum atomic E-state index is 11.8. The number of hydrogen-bond donors (Lipinski definition) is 2. The normalized spacial score (nSPS) is 19.2. The van der Waals surface area contributed by atoms with Gasteiger partial charge >= 0.3 is 0 Å². The van der Waals surface area contributed by atoms with Crippen LogP contribution in [0, 0.1) is 0 Å². The number of anilines is 2. The number of nitrogens with two attached hydrogens (primary N) is 1. The van der Waals surface area contributed by atoms with Crippen molar-refractivity contribution in [3.8, 4) is 0 Å². The number of halogens is 1. The molecule has 1 atom stereocenters. The molecule has 1 heterocycles. The molecule has 1 aromatic rings. The molecule has 0 radical (unpaired) electrons. The highest BCUT2D eigenvalue weighted by Gasteiger charge is 2.29. The highest BCUT2D eigenvalue weighted by Crippen LogP contribution is 2.32. The fourth-order valence-electron chi connectivity index (χ4n) is 1.99. The van der Waals surface area contributed by atoms with Crippen molar-refractivity contribution in [1.29, 1.82) is 0 Å². The van der Waals surface area contributed by atoms with E-state index in [1.807, 2.05) is 0 Å². The average Bonchev–Trinajstić information content (AvgIpc) is 2.60. The van der Waals surface area contributed by atoms with Gasteiger partial charge in [0.05, 0.1) is 11.4 Å². The van der Waals surface area contributed by atoms with Gasteiger partial charge in [0.25, 0.3) is 0 Å². The summed E-state index contributed by atoms with van der Waals surface area (Å²) < 4.78 is 0. The van der Waals surface area contributed by atoms with Crippen molar-refractivity contribution in [2.45, 2.75) is 19.4 Å². The van der Waals surface area contributed by atoms with Crippen molar-refractivity contribution in [3.05, 3.63) is 23.2 Å². The number of nitrogens with zero attached hydrogens (tertiary/aromatic N) is 1. The fraction of sp³-hybridized carbons (Fsp3) is 0.333. The van der Waals surface area contributed by atoms with E-state index in [0.717, 1.165) is 0 Å². The molecule has 0 aromatic heterocycles. The Kier molecular flexibility index (Phi) is 3.54. The lowest BCUT2D eigenvalue weighted by Gasteiger charge is -2.20. The van der Waals surface area contributed by atoms with Gasteiger partial charge in [-0.1, -0.05) is 11.6 Å². The third-order valence-electron chi connectivity index (χ3n) is 2.72. The molecule has 1 fully saturated rings. The number of benzene rings is 1. The van der Waals surface area contributed by atoms with Gasteiger partial charge in [-0.25, -0.2) is 0 Å². The van der Waals surface area contributed by atoms with Gasteiger partial charge in [-0.2, -0.15) is 0 Å². The molecule has 2 amide bonds. The second-order valence-corrected chi connectivity index (χ2v) is 4.75. The van der Waals surface area contributed by atoms with Crippen LogP contribution in [0.4, 0.5) is 11.4 Å². The van der Waals surface area contributed by atoms with Gasteiger partial charge in [0, 0.05) is 31.0 Å². The van der Waals surface area contributed by atoms with Crippen molar-refractivity contribution >= 4 is 34.8 Å². The number of hydrogen-bond acceptors (Lipinski definition) is 3. The molecule has 96 valence electrons. The molecule has 1 unspecified atom stereocenters. The highest BCUT2D eigenvalue weighted by atomic mass is 35.5. The largest absolute Gasteiger partial charge is 0.326 e. The summed E-state index contributed by atoms with van der Waals surface area (Å²) in [5, 5.41) is 3.19. The Balaban J connectivity index is 2.38. The molecule has 1 aromatic carbocycles. The summed E-state index contributed by atoms with van der Waals surface area (Å²) in [5.41, 5.74) is 6.92. The van der Waals surface area contributed by atoms with E-state index in [4.69, 9.17) is 17.3 Å². The van der Waals surface area contributed by atoms with E-state index in [9.17, 15) is 9.59 Å². The second-order valence-electron chi connectivity index (χ2n) is 4.31. The number of rotatable bonds is 2. The topological polar surface area (TPSA) is 75.4 Å². The van der Waals surface area contributed by atoms with Gasteiger partial charge in [-0.15, -0.1) is 0 Å². The van der Waals surface area contributed by atoms with Crippen LogP contribution in [-0.2, 0) is 9.59 Å². The van der Waals surface area contributed by atoms with Crippen LogP contribution in [0.3, 0.4) is 0 Å². The molecule has 1 aliphatic heterocycles. The van der Waals surface area contributed by atoms with E-state index in [2.05, 4.69) is 5.32 Å². The SMILES string of the molecule is CC(=O)Nc1ccc(Cl)cc1N1CC(N)CC1=O. The zero-order chi connectivity index (χ0) is 13.3. The Bertz CT molecular complexity index is 504. The average molecular weight is 268 g/mol. The van der Waals surface area contributed by atoms with Crippen LogP contribution in [0.25, 0.3) is 0 Å². The molecule has 2 rings (SSSR count). The zero-order valence-corrected chi connectivity index (χ0v) is 10.7. The Hall–Kier alpha value is -1.59. The van der Waals surface area contributed by atoms with Crippen LogP contribution in [0.15, 0.2) is 18.2 Å². The number of nitrogens with one attached hydrogen (secondary N) is 1. The summed E-state index contributed by atoms with van der Waals surface area (Å²) in [7, 11) is 0. The van der Waals surface area contributed by atoms with E-state index in [0.29, 0.717) is 29.4 Å². The minimum Gasteiger partial charge on any atom is -0.326 e. The molecular formula is C12H14ClN3O2. The van der Waals surface area contributed by atoms with Crippen molar-refractivity contribution in [1.82, 2.24) is 0 Å². The smallest absolute Gasteiger partial charge is 0.228 e. The van der Waals surface area contributed by atoms with Crippen LogP contribution in [0.1, 0.15) is 13.3 Å². The first-order valence-corrected chi connectivity index (χ1v) is 5.98. The van der Waals surface area contributed by atoms with Crippen molar-refractivity contribution in [3.63, 3.8) is 0 Å². The lowest BCUT2D eigenvalue weighted by molar-refractivity contribution is -0.117. The summed E-state index contributed by atoms with van der Waals surface area (Å²) in [5.74, 6) is -0.258. The van der Waals surface area contributed by atoms with Gasteiger partial charge in [-0.05, 0) is 18.2 Å². The van der Waals surface area contributed by atoms with Crippen LogP contribution < -0.4 is 16.0 Å². The number of carbonyl (C=O) groups excluding carboxylic acids is 2. The highest BCUT2D eigenvalue weighted by molar-refractivity contribution is 6.31. The van der Waals surface area contributed by atoms with Gasteiger partial charge in [0.2, 0.25) is 11.8 Å². The third-order valence-corrected chi connectivity index (χ3v) is 2.95. The van der Waals surface area contributed by atoms with Crippen LogP contribution in [0.2, 0.25) is 5.02 Å². The summed E-state index contributed by atoms with van der Waals surface area (Å²) in [6.45, 7) is 1.85. The Labute approximate surface area is 110 Å². The summed E-state index contributed by atoms with van der Waals surface area (Å²) in [4.78, 5) is 24.5. The van der Waals surface area contributed by atoms with Gasteiger partial charge in [0.15, 0.2) is 0 Å². The Morgan fingerprint density at radius 2 is 2.28 bits per heavy atom. The van der Waals surface area contributed by atoms with Gasteiger partial charge in [0.1, 0.15) is 0 Å². The molecule has 1 saturated heterocycles. The maximum Gasteiger partial charge on any atom is 0.228 e. The number of amides is 2. The van der Waals surface area contributed by atoms with Crippen LogP contribution >= 0.6 is 11.6 Å². The van der Waals surface area contributed by atoms with E-state index in [1.165, 1.54) is 6.92 Å². The monoisotopic (exact) mass is 267 g/mol. The molecule has 6 heteroatoms. The summed E-state index contributed by atoms with van der Waals surface area (Å²) >= 11 is 5.93. The van der Waals surface area contributed by atoms with Crippen molar-refractivity contribution in [2.75, 3.05) is 16.8 Å². The lowest BCUT2D eigenvalue weighted by atomic mass is 10.2. The molecule has 0 aliphatic carbocycles. The molecule has 3 N–H and O–H groups in total. The molecule has 0 saturated carbocycles. The van der Waals surface area contributed by atoms with E-state index in [1.54, 1.807) is 23.1 Å². The predicted molar refractivity (Wildman–Crippen MR) is 70.7 cm³/mol. The Morgan fingerprint density at radius 1 is 1.56 bits per heavy atom. The zero-order valence-electron chi connectivity index (χ0n) is 9.94. The minimum absolute atomic E-state index is 0.0589. The molecule has 18 heavy (non-hydrogen) atoms. The molecule has 0 spiro atoms. The fourth-order valence-corrected chi connectivity index (χ4v) is 2.16. The maximum absolute atomic E-state index is 11.8. The first kappa shape index (κ1) is 12.9. The van der Waals surface area contributed by atoms with E-state index in [-0.39, 0.29) is 17.9 Å². The first-order valence-electron chi connectivity index (χ1n) is 5.60. The molecule has 5 nitrogen and oxygen atoms in total. The lowest BCUT2D eigenvalue weighted by Crippen LogP contribution is -2.29. The van der Waals surface area contributed by atoms with Crippen LogP contribution in [-0.4, -0.2) is 24.4 Å². The summed E-state index contributed by atoms with van der Waals surface area (Å²) in [6, 6.07) is 4.82. The third kappa shape index (κ3) is 2.63. The van der Waals surface area contributed by atoms with E-state index < -0.39 is 0 Å². The van der Waals surface area contributed by atoms with E-state index >= 15 is 0 Å². The summed E-state index contributed by atoms with van der Waals surface area (Å²) in [6.07, 6.45) is 0.312. The standard InChI is InChI=1S/C12H14ClN3O2/c1-7(17)15-10-3-2-8(13)4-11(10)16-6-9(14)5-12(16)18/h2-4,9H,5-6,14H2,1H3,(H,15,17). The first-order chi connectivity index (χ1) is 8.47. The molecule has 1 aliphatic rings. The molecule has 0 bridgehead atoms. The molecular weight excluding hydrogens is 254 g/mol. The predicted octanol–water partition coefficient (Wildman–Crippen LogP) is 1.36. The van der Waals surface area contributed by atoms with Gasteiger partial charge < -0.3 is 16.0 Å². The second kappa shape index (κ2) is 4.96.